The van der Waals surface area contributed by atoms with E-state index in [1.807, 2.05) is 0 Å². The average molecular weight is 374 g/mol. The molecule has 2 N–H and O–H groups in total. The van der Waals surface area contributed by atoms with Gasteiger partial charge in [0, 0.05) is 0 Å². The van der Waals surface area contributed by atoms with E-state index in [1.165, 1.54) is 12.2 Å². The van der Waals surface area contributed by atoms with E-state index in [4.69, 9.17) is 0 Å². The number of carbonyl (C=O) groups excluding carboxylic acids is 2. The molecule has 0 fully saturated rings. The lowest BCUT2D eigenvalue weighted by molar-refractivity contribution is -0.137. The van der Waals surface area contributed by atoms with Crippen molar-refractivity contribution in [3.63, 3.8) is 0 Å². The first-order chi connectivity index (χ1) is 13.4. The first kappa shape index (κ1) is 17.6. The molecule has 4 rings (SSSR count). The lowest BCUT2D eigenvalue weighted by atomic mass is 9.67. The number of benzene rings is 2. The standard InChI is InChI=1S/C22H14O6/c23-19-15(21(25)26)9-11-5-1-3-7-13(11)17(19)18-14-8-4-2-6-12(14)10-16(20(18)24)22(27)28/h1-10,17-18H,(H,25,26)(H,27,28). The minimum absolute atomic E-state index is 0.416. The zero-order chi connectivity index (χ0) is 20.0. The van der Waals surface area contributed by atoms with Crippen molar-refractivity contribution in [2.75, 3.05) is 0 Å². The summed E-state index contributed by atoms with van der Waals surface area (Å²) in [5.74, 6) is -6.38. The van der Waals surface area contributed by atoms with E-state index in [0.29, 0.717) is 22.3 Å². The number of hydrogen-bond donors (Lipinski definition) is 2. The fourth-order valence-corrected chi connectivity index (χ4v) is 3.92. The molecule has 2 aromatic rings. The van der Waals surface area contributed by atoms with E-state index in [-0.39, 0.29) is 0 Å². The van der Waals surface area contributed by atoms with Crippen molar-refractivity contribution in [2.45, 2.75) is 11.8 Å². The van der Waals surface area contributed by atoms with E-state index in [1.54, 1.807) is 48.5 Å². The zero-order valence-corrected chi connectivity index (χ0v) is 14.5. The largest absolute Gasteiger partial charge is 0.478 e. The number of carbonyl (C=O) groups is 4. The van der Waals surface area contributed by atoms with Gasteiger partial charge in [0.1, 0.15) is 11.1 Å². The second-order valence-corrected chi connectivity index (χ2v) is 6.67. The van der Waals surface area contributed by atoms with Gasteiger partial charge in [-0.3, -0.25) is 9.59 Å². The Labute approximate surface area is 159 Å². The van der Waals surface area contributed by atoms with Gasteiger partial charge in [-0.2, -0.15) is 0 Å². The number of carboxylic acids is 2. The minimum Gasteiger partial charge on any atom is -0.478 e. The van der Waals surface area contributed by atoms with E-state index in [2.05, 4.69) is 0 Å². The van der Waals surface area contributed by atoms with Crippen LogP contribution in [-0.4, -0.2) is 33.7 Å². The highest BCUT2D eigenvalue weighted by atomic mass is 16.4. The van der Waals surface area contributed by atoms with Crippen molar-refractivity contribution in [3.8, 4) is 0 Å². The highest BCUT2D eigenvalue weighted by Gasteiger charge is 2.45. The SMILES string of the molecule is O=C(O)C1=Cc2ccccc2C(C2C(=O)C(C(=O)O)=Cc3ccccc32)C1=O. The highest BCUT2D eigenvalue weighted by molar-refractivity contribution is 6.29. The molecule has 0 amide bonds. The minimum atomic E-state index is -1.38. The molecule has 2 unspecified atom stereocenters. The Morgan fingerprint density at radius 2 is 1.00 bits per heavy atom. The van der Waals surface area contributed by atoms with E-state index < -0.39 is 46.5 Å². The van der Waals surface area contributed by atoms with E-state index >= 15 is 0 Å². The van der Waals surface area contributed by atoms with Crippen molar-refractivity contribution in [2.24, 2.45) is 0 Å². The molecule has 0 saturated carbocycles. The maximum absolute atomic E-state index is 13.1. The van der Waals surface area contributed by atoms with Crippen LogP contribution < -0.4 is 0 Å². The maximum atomic E-state index is 13.1. The van der Waals surface area contributed by atoms with Gasteiger partial charge < -0.3 is 10.2 Å². The average Bonchev–Trinajstić information content (AvgIpc) is 2.67. The van der Waals surface area contributed by atoms with Gasteiger partial charge in [-0.25, -0.2) is 9.59 Å². The normalized spacial score (nSPS) is 20.6. The molecule has 0 saturated heterocycles. The highest BCUT2D eigenvalue weighted by Crippen LogP contribution is 2.45. The van der Waals surface area contributed by atoms with Crippen molar-refractivity contribution in [3.05, 3.63) is 81.9 Å². The fourth-order valence-electron chi connectivity index (χ4n) is 3.92. The first-order valence-corrected chi connectivity index (χ1v) is 8.56. The zero-order valence-electron chi connectivity index (χ0n) is 14.5. The number of rotatable bonds is 3. The van der Waals surface area contributed by atoms with Gasteiger partial charge in [0.05, 0.1) is 11.8 Å². The summed E-state index contributed by atoms with van der Waals surface area (Å²) >= 11 is 0. The lowest BCUT2D eigenvalue weighted by Gasteiger charge is -2.32. The number of carboxylic acid groups (broad SMARTS) is 2. The first-order valence-electron chi connectivity index (χ1n) is 8.56. The summed E-state index contributed by atoms with van der Waals surface area (Å²) in [5.41, 5.74) is 1.25. The van der Waals surface area contributed by atoms with Gasteiger partial charge >= 0.3 is 11.9 Å². The molecule has 2 aromatic carbocycles. The Kier molecular flexibility index (Phi) is 4.04. The summed E-state index contributed by atoms with van der Waals surface area (Å²) in [6.45, 7) is 0. The third kappa shape index (κ3) is 2.58. The van der Waals surface area contributed by atoms with Gasteiger partial charge in [-0.1, -0.05) is 48.5 Å². The number of hydrogen-bond acceptors (Lipinski definition) is 4. The van der Waals surface area contributed by atoms with Gasteiger partial charge in [-0.05, 0) is 34.4 Å². The molecule has 0 bridgehead atoms. The fraction of sp³-hybridized carbons (Fsp3) is 0.0909. The van der Waals surface area contributed by atoms with Crippen LogP contribution in [0.25, 0.3) is 12.2 Å². The molecule has 2 atom stereocenters. The monoisotopic (exact) mass is 374 g/mol. The van der Waals surface area contributed by atoms with Gasteiger partial charge in [-0.15, -0.1) is 0 Å². The van der Waals surface area contributed by atoms with Crippen LogP contribution in [-0.2, 0) is 19.2 Å². The van der Waals surface area contributed by atoms with Crippen molar-refractivity contribution in [1.29, 1.82) is 0 Å². The number of ketones is 2. The van der Waals surface area contributed by atoms with Crippen LogP contribution in [0.15, 0.2) is 59.7 Å². The van der Waals surface area contributed by atoms with Gasteiger partial charge in [0.15, 0.2) is 11.6 Å². The Morgan fingerprint density at radius 1 is 0.643 bits per heavy atom. The lowest BCUT2D eigenvalue weighted by Crippen LogP contribution is -2.35. The molecule has 28 heavy (non-hydrogen) atoms. The van der Waals surface area contributed by atoms with Crippen molar-refractivity contribution in [1.82, 2.24) is 0 Å². The molecular weight excluding hydrogens is 360 g/mol. The number of fused-ring (bicyclic) bond motifs is 2. The molecule has 0 spiro atoms. The molecule has 6 heteroatoms. The Hall–Kier alpha value is -3.80. The van der Waals surface area contributed by atoms with Crippen LogP contribution in [0, 0.1) is 0 Å². The molecule has 0 heterocycles. The van der Waals surface area contributed by atoms with Crippen LogP contribution in [0.3, 0.4) is 0 Å². The van der Waals surface area contributed by atoms with Crippen LogP contribution in [0.1, 0.15) is 34.1 Å². The smallest absolute Gasteiger partial charge is 0.339 e. The molecular formula is C22H14O6. The molecule has 0 aromatic heterocycles. The summed E-state index contributed by atoms with van der Waals surface area (Å²) in [4.78, 5) is 49.4. The maximum Gasteiger partial charge on any atom is 0.339 e. The summed E-state index contributed by atoms with van der Waals surface area (Å²) < 4.78 is 0. The van der Waals surface area contributed by atoms with Gasteiger partial charge in [0.25, 0.3) is 0 Å². The predicted octanol–water partition coefficient (Wildman–Crippen LogP) is 2.66. The molecule has 2 aliphatic carbocycles. The Bertz CT molecular complexity index is 1030. The Morgan fingerprint density at radius 3 is 1.36 bits per heavy atom. The summed E-state index contributed by atoms with van der Waals surface area (Å²) in [5, 5.41) is 18.9. The summed E-state index contributed by atoms with van der Waals surface area (Å²) in [6.07, 6.45) is 2.59. The molecule has 0 aliphatic heterocycles. The molecule has 138 valence electrons. The van der Waals surface area contributed by atoms with Crippen LogP contribution >= 0.6 is 0 Å². The van der Waals surface area contributed by atoms with Crippen LogP contribution in [0.4, 0.5) is 0 Å². The quantitative estimate of drug-likeness (QED) is 0.800. The topological polar surface area (TPSA) is 109 Å². The molecule has 2 aliphatic rings. The van der Waals surface area contributed by atoms with Crippen LogP contribution in [0.2, 0.25) is 0 Å². The Balaban J connectivity index is 1.97. The number of aliphatic carboxylic acids is 2. The third-order valence-electron chi connectivity index (χ3n) is 5.15. The summed E-state index contributed by atoms with van der Waals surface area (Å²) in [6, 6.07) is 13.5. The van der Waals surface area contributed by atoms with E-state index in [0.717, 1.165) is 0 Å². The predicted molar refractivity (Wildman–Crippen MR) is 99.6 cm³/mol. The van der Waals surface area contributed by atoms with Crippen LogP contribution in [0.5, 0.6) is 0 Å². The van der Waals surface area contributed by atoms with Gasteiger partial charge in [0.2, 0.25) is 0 Å². The summed E-state index contributed by atoms with van der Waals surface area (Å²) in [7, 11) is 0. The second kappa shape index (κ2) is 6.42. The second-order valence-electron chi connectivity index (χ2n) is 6.67. The number of Topliss-reactive ketones (excluding diaryl/α,β-unsaturated/α-hetero) is 2. The van der Waals surface area contributed by atoms with E-state index in [9.17, 15) is 29.4 Å². The van der Waals surface area contributed by atoms with Crippen molar-refractivity contribution < 1.29 is 29.4 Å². The molecule has 0 radical (unpaired) electrons. The third-order valence-corrected chi connectivity index (χ3v) is 5.15. The van der Waals surface area contributed by atoms with Crippen molar-refractivity contribution >= 4 is 35.7 Å². The molecule has 6 nitrogen and oxygen atoms in total.